The highest BCUT2D eigenvalue weighted by Crippen LogP contribution is 2.22. The summed E-state index contributed by atoms with van der Waals surface area (Å²) >= 11 is 5.54. The monoisotopic (exact) mass is 262 g/mol. The van der Waals surface area contributed by atoms with Gasteiger partial charge in [-0.3, -0.25) is 0 Å². The summed E-state index contributed by atoms with van der Waals surface area (Å²) in [5.74, 6) is 0. The van der Waals surface area contributed by atoms with E-state index in [1.54, 1.807) is 0 Å². The Morgan fingerprint density at radius 3 is 2.44 bits per heavy atom. The van der Waals surface area contributed by atoms with Gasteiger partial charge >= 0.3 is 0 Å². The molecule has 3 heteroatoms. The normalized spacial score (nSPS) is 23.8. The van der Waals surface area contributed by atoms with Crippen molar-refractivity contribution in [1.29, 1.82) is 0 Å². The van der Waals surface area contributed by atoms with Gasteiger partial charge in [0.05, 0.1) is 0 Å². The van der Waals surface area contributed by atoms with Gasteiger partial charge in [0.15, 0.2) is 5.11 Å². The summed E-state index contributed by atoms with van der Waals surface area (Å²) in [6.45, 7) is 5.36. The van der Waals surface area contributed by atoms with Crippen molar-refractivity contribution in [3.63, 3.8) is 0 Å². The molecular weight excluding hydrogens is 240 g/mol. The van der Waals surface area contributed by atoms with E-state index in [-0.39, 0.29) is 0 Å². The molecule has 0 unspecified atom stereocenters. The second kappa shape index (κ2) is 6.19. The molecule has 0 aliphatic carbocycles. The zero-order valence-corrected chi connectivity index (χ0v) is 12.0. The first-order chi connectivity index (χ1) is 8.68. The highest BCUT2D eigenvalue weighted by molar-refractivity contribution is 7.80. The van der Waals surface area contributed by atoms with Crippen LogP contribution in [-0.4, -0.2) is 22.1 Å². The molecule has 0 aromatic heterocycles. The molecule has 0 spiro atoms. The van der Waals surface area contributed by atoms with Crippen LogP contribution in [-0.2, 0) is 6.54 Å². The summed E-state index contributed by atoms with van der Waals surface area (Å²) in [6.07, 6.45) is 3.81. The van der Waals surface area contributed by atoms with Gasteiger partial charge in [0.1, 0.15) is 0 Å². The Balaban J connectivity index is 1.91. The fourth-order valence-electron chi connectivity index (χ4n) is 2.69. The van der Waals surface area contributed by atoms with E-state index in [0.717, 1.165) is 11.7 Å². The molecule has 2 nitrogen and oxygen atoms in total. The Bertz CT molecular complexity index is 381. The van der Waals surface area contributed by atoms with Gasteiger partial charge in [0.25, 0.3) is 0 Å². The number of piperidine rings is 1. The second-order valence-corrected chi connectivity index (χ2v) is 5.57. The zero-order valence-electron chi connectivity index (χ0n) is 11.2. The lowest BCUT2D eigenvalue weighted by atomic mass is 9.98. The second-order valence-electron chi connectivity index (χ2n) is 5.18. The van der Waals surface area contributed by atoms with Crippen LogP contribution in [0.5, 0.6) is 0 Å². The van der Waals surface area contributed by atoms with E-state index in [2.05, 4.69) is 48.3 Å². The molecule has 0 amide bonds. The quantitative estimate of drug-likeness (QED) is 0.823. The number of likely N-dealkylation sites (tertiary alicyclic amines) is 1. The van der Waals surface area contributed by atoms with Crippen molar-refractivity contribution in [2.45, 2.75) is 51.7 Å². The Morgan fingerprint density at radius 1 is 1.22 bits per heavy atom. The third-order valence-electron chi connectivity index (χ3n) is 3.71. The lowest BCUT2D eigenvalue weighted by Crippen LogP contribution is -2.51. The SMILES string of the molecule is C[C@H]1CCC[C@H](C)N1C(=S)NCc1ccccc1. The van der Waals surface area contributed by atoms with Gasteiger partial charge < -0.3 is 10.2 Å². The average Bonchev–Trinajstić information content (AvgIpc) is 2.37. The van der Waals surface area contributed by atoms with Crippen LogP contribution >= 0.6 is 12.2 Å². The predicted molar refractivity (Wildman–Crippen MR) is 80.5 cm³/mol. The smallest absolute Gasteiger partial charge is 0.169 e. The third-order valence-corrected chi connectivity index (χ3v) is 4.07. The molecule has 2 rings (SSSR count). The first-order valence-corrected chi connectivity index (χ1v) is 7.19. The molecular formula is C15H22N2S. The summed E-state index contributed by atoms with van der Waals surface area (Å²) in [5.41, 5.74) is 1.28. The van der Waals surface area contributed by atoms with Crippen molar-refractivity contribution < 1.29 is 0 Å². The number of hydrogen-bond acceptors (Lipinski definition) is 1. The minimum atomic E-state index is 0.560. The molecule has 2 atom stereocenters. The van der Waals surface area contributed by atoms with Crippen LogP contribution in [0.4, 0.5) is 0 Å². The van der Waals surface area contributed by atoms with E-state index in [4.69, 9.17) is 12.2 Å². The Hall–Kier alpha value is -1.09. The summed E-state index contributed by atoms with van der Waals surface area (Å²) in [5, 5.41) is 4.29. The fourth-order valence-corrected chi connectivity index (χ4v) is 3.12. The Labute approximate surface area is 115 Å². The van der Waals surface area contributed by atoms with E-state index < -0.39 is 0 Å². The van der Waals surface area contributed by atoms with Gasteiger partial charge in [-0.1, -0.05) is 30.3 Å². The molecule has 0 radical (unpaired) electrons. The Kier molecular flexibility index (Phi) is 4.59. The van der Waals surface area contributed by atoms with Crippen molar-refractivity contribution in [3.8, 4) is 0 Å². The van der Waals surface area contributed by atoms with Crippen LogP contribution in [0, 0.1) is 0 Å². The van der Waals surface area contributed by atoms with Crippen LogP contribution in [0.3, 0.4) is 0 Å². The molecule has 1 aromatic carbocycles. The molecule has 1 N–H and O–H groups in total. The molecule has 0 saturated carbocycles. The number of rotatable bonds is 2. The van der Waals surface area contributed by atoms with Crippen LogP contribution in [0.25, 0.3) is 0 Å². The summed E-state index contributed by atoms with van der Waals surface area (Å²) < 4.78 is 0. The Morgan fingerprint density at radius 2 is 1.83 bits per heavy atom. The fraction of sp³-hybridized carbons (Fsp3) is 0.533. The van der Waals surface area contributed by atoms with Crippen LogP contribution in [0.15, 0.2) is 30.3 Å². The average molecular weight is 262 g/mol. The van der Waals surface area contributed by atoms with Crippen molar-refractivity contribution in [3.05, 3.63) is 35.9 Å². The van der Waals surface area contributed by atoms with E-state index in [1.165, 1.54) is 24.8 Å². The van der Waals surface area contributed by atoms with Crippen LogP contribution < -0.4 is 5.32 Å². The van der Waals surface area contributed by atoms with Gasteiger partial charge in [0, 0.05) is 18.6 Å². The molecule has 0 bridgehead atoms. The van der Waals surface area contributed by atoms with Crippen LogP contribution in [0.1, 0.15) is 38.7 Å². The van der Waals surface area contributed by atoms with Crippen molar-refractivity contribution in [2.24, 2.45) is 0 Å². The maximum Gasteiger partial charge on any atom is 0.169 e. The maximum absolute atomic E-state index is 5.54. The molecule has 98 valence electrons. The van der Waals surface area contributed by atoms with Crippen molar-refractivity contribution >= 4 is 17.3 Å². The van der Waals surface area contributed by atoms with Gasteiger partial charge in [-0.25, -0.2) is 0 Å². The maximum atomic E-state index is 5.54. The van der Waals surface area contributed by atoms with Crippen LogP contribution in [0.2, 0.25) is 0 Å². The minimum absolute atomic E-state index is 0.560. The molecule has 1 aromatic rings. The zero-order chi connectivity index (χ0) is 13.0. The highest BCUT2D eigenvalue weighted by Gasteiger charge is 2.26. The largest absolute Gasteiger partial charge is 0.358 e. The van der Waals surface area contributed by atoms with Gasteiger partial charge in [0.2, 0.25) is 0 Å². The number of benzene rings is 1. The lowest BCUT2D eigenvalue weighted by Gasteiger charge is -2.41. The predicted octanol–water partition coefficient (Wildman–Crippen LogP) is 3.32. The molecule has 1 saturated heterocycles. The third kappa shape index (κ3) is 3.22. The van der Waals surface area contributed by atoms with E-state index in [0.29, 0.717) is 12.1 Å². The highest BCUT2D eigenvalue weighted by atomic mass is 32.1. The summed E-state index contributed by atoms with van der Waals surface area (Å²) in [7, 11) is 0. The summed E-state index contributed by atoms with van der Waals surface area (Å²) in [6, 6.07) is 11.5. The molecule has 18 heavy (non-hydrogen) atoms. The molecule has 1 aliphatic heterocycles. The summed E-state index contributed by atoms with van der Waals surface area (Å²) in [4.78, 5) is 2.36. The molecule has 1 fully saturated rings. The van der Waals surface area contributed by atoms with Crippen molar-refractivity contribution in [2.75, 3.05) is 0 Å². The standard InChI is InChI=1S/C15H22N2S/c1-12-7-6-8-13(2)17(12)15(18)16-11-14-9-4-3-5-10-14/h3-5,9-10,12-13H,6-8,11H2,1-2H3,(H,16,18)/t12-,13-/m0/s1. The number of thiocarbonyl (C=S) groups is 1. The topological polar surface area (TPSA) is 15.3 Å². The number of hydrogen-bond donors (Lipinski definition) is 1. The number of nitrogens with zero attached hydrogens (tertiary/aromatic N) is 1. The van der Waals surface area contributed by atoms with E-state index in [1.807, 2.05) is 6.07 Å². The van der Waals surface area contributed by atoms with Crippen molar-refractivity contribution in [1.82, 2.24) is 10.2 Å². The van der Waals surface area contributed by atoms with E-state index in [9.17, 15) is 0 Å². The first-order valence-electron chi connectivity index (χ1n) is 6.78. The lowest BCUT2D eigenvalue weighted by molar-refractivity contribution is 0.189. The van der Waals surface area contributed by atoms with Gasteiger partial charge in [-0.2, -0.15) is 0 Å². The number of nitrogens with one attached hydrogen (secondary N) is 1. The minimum Gasteiger partial charge on any atom is -0.358 e. The van der Waals surface area contributed by atoms with Gasteiger partial charge in [-0.05, 0) is 50.9 Å². The van der Waals surface area contributed by atoms with E-state index >= 15 is 0 Å². The molecule has 1 heterocycles. The first kappa shape index (κ1) is 13.3. The van der Waals surface area contributed by atoms with Gasteiger partial charge in [-0.15, -0.1) is 0 Å². The molecule has 1 aliphatic rings.